The standard InChI is InChI=1S/C19H26N2O/c1-2-7-15(8-3-1)13-21-12-6-9-16(14-21)19-20-17-10-4-5-11-18(17)22-19/h4-5,10-11,15-16H,1-3,6-9,12-14H2. The Kier molecular flexibility index (Phi) is 4.15. The maximum absolute atomic E-state index is 6.01. The van der Waals surface area contributed by atoms with Gasteiger partial charge in [0.05, 0.1) is 0 Å². The molecule has 22 heavy (non-hydrogen) atoms. The zero-order chi connectivity index (χ0) is 14.8. The maximum atomic E-state index is 6.01. The van der Waals surface area contributed by atoms with Crippen molar-refractivity contribution in [3.8, 4) is 0 Å². The smallest absolute Gasteiger partial charge is 0.199 e. The number of likely N-dealkylation sites (tertiary alicyclic amines) is 1. The van der Waals surface area contributed by atoms with Crippen LogP contribution in [0.3, 0.4) is 0 Å². The van der Waals surface area contributed by atoms with E-state index in [1.807, 2.05) is 24.3 Å². The lowest BCUT2D eigenvalue weighted by Crippen LogP contribution is -2.38. The minimum absolute atomic E-state index is 0.477. The van der Waals surface area contributed by atoms with Crippen LogP contribution >= 0.6 is 0 Å². The Hall–Kier alpha value is -1.35. The minimum Gasteiger partial charge on any atom is -0.440 e. The lowest BCUT2D eigenvalue weighted by Gasteiger charge is -2.35. The maximum Gasteiger partial charge on any atom is 0.199 e. The highest BCUT2D eigenvalue weighted by Crippen LogP contribution is 2.31. The van der Waals surface area contributed by atoms with Gasteiger partial charge in [0.1, 0.15) is 5.52 Å². The van der Waals surface area contributed by atoms with Crippen molar-refractivity contribution in [3.63, 3.8) is 0 Å². The molecule has 3 nitrogen and oxygen atoms in total. The van der Waals surface area contributed by atoms with Crippen LogP contribution < -0.4 is 0 Å². The molecule has 0 amide bonds. The van der Waals surface area contributed by atoms with Crippen LogP contribution in [-0.2, 0) is 0 Å². The van der Waals surface area contributed by atoms with Gasteiger partial charge in [0, 0.05) is 19.0 Å². The highest BCUT2D eigenvalue weighted by atomic mass is 16.3. The third-order valence-corrected chi connectivity index (χ3v) is 5.41. The number of oxazole rings is 1. The van der Waals surface area contributed by atoms with Gasteiger partial charge >= 0.3 is 0 Å². The molecular formula is C19H26N2O. The summed E-state index contributed by atoms with van der Waals surface area (Å²) in [5.41, 5.74) is 1.93. The summed E-state index contributed by atoms with van der Waals surface area (Å²) in [7, 11) is 0. The molecule has 3 heteroatoms. The summed E-state index contributed by atoms with van der Waals surface area (Å²) in [4.78, 5) is 7.39. The van der Waals surface area contributed by atoms with E-state index in [9.17, 15) is 0 Å². The van der Waals surface area contributed by atoms with E-state index in [1.165, 1.54) is 58.0 Å². The van der Waals surface area contributed by atoms with Gasteiger partial charge in [-0.3, -0.25) is 0 Å². The molecular weight excluding hydrogens is 272 g/mol. The van der Waals surface area contributed by atoms with Gasteiger partial charge in [0.2, 0.25) is 0 Å². The third kappa shape index (κ3) is 3.05. The first-order valence-electron chi connectivity index (χ1n) is 8.96. The van der Waals surface area contributed by atoms with E-state index >= 15 is 0 Å². The van der Waals surface area contributed by atoms with Crippen LogP contribution in [0.1, 0.15) is 56.8 Å². The molecule has 2 heterocycles. The van der Waals surface area contributed by atoms with Crippen LogP contribution in [-0.4, -0.2) is 29.5 Å². The van der Waals surface area contributed by atoms with E-state index in [1.54, 1.807) is 0 Å². The highest BCUT2D eigenvalue weighted by molar-refractivity contribution is 5.72. The Bertz CT molecular complexity index is 582. The lowest BCUT2D eigenvalue weighted by atomic mass is 9.88. The number of rotatable bonds is 3. The number of nitrogens with zero attached hydrogens (tertiary/aromatic N) is 2. The number of hydrogen-bond acceptors (Lipinski definition) is 3. The van der Waals surface area contributed by atoms with Crippen LogP contribution in [0.25, 0.3) is 11.1 Å². The molecule has 118 valence electrons. The molecule has 0 N–H and O–H groups in total. The Morgan fingerprint density at radius 1 is 1.05 bits per heavy atom. The van der Waals surface area contributed by atoms with E-state index in [4.69, 9.17) is 9.40 Å². The fraction of sp³-hybridized carbons (Fsp3) is 0.632. The first-order valence-corrected chi connectivity index (χ1v) is 8.96. The van der Waals surface area contributed by atoms with Gasteiger partial charge in [-0.15, -0.1) is 0 Å². The molecule has 0 bridgehead atoms. The lowest BCUT2D eigenvalue weighted by molar-refractivity contribution is 0.152. The average molecular weight is 298 g/mol. The van der Waals surface area contributed by atoms with Crippen molar-refractivity contribution in [2.75, 3.05) is 19.6 Å². The van der Waals surface area contributed by atoms with Gasteiger partial charge < -0.3 is 9.32 Å². The van der Waals surface area contributed by atoms with Crippen LogP contribution in [0.5, 0.6) is 0 Å². The van der Waals surface area contributed by atoms with E-state index < -0.39 is 0 Å². The predicted octanol–water partition coefficient (Wildman–Crippen LogP) is 4.59. The van der Waals surface area contributed by atoms with E-state index in [-0.39, 0.29) is 0 Å². The molecule has 1 aromatic carbocycles. The van der Waals surface area contributed by atoms with E-state index in [0.717, 1.165) is 29.5 Å². The van der Waals surface area contributed by atoms with Crippen LogP contribution in [0.4, 0.5) is 0 Å². The Morgan fingerprint density at radius 3 is 2.77 bits per heavy atom. The zero-order valence-electron chi connectivity index (χ0n) is 13.3. The molecule has 4 rings (SSSR count). The van der Waals surface area contributed by atoms with Crippen molar-refractivity contribution in [1.29, 1.82) is 0 Å². The SMILES string of the molecule is c1ccc2oc(C3CCCN(CC4CCCCC4)C3)nc2c1. The summed E-state index contributed by atoms with van der Waals surface area (Å²) < 4.78 is 6.01. The molecule has 0 spiro atoms. The minimum atomic E-state index is 0.477. The fourth-order valence-electron chi connectivity index (χ4n) is 4.22. The summed E-state index contributed by atoms with van der Waals surface area (Å²) in [5, 5.41) is 0. The summed E-state index contributed by atoms with van der Waals surface area (Å²) in [6, 6.07) is 8.12. The van der Waals surface area contributed by atoms with Crippen molar-refractivity contribution in [3.05, 3.63) is 30.2 Å². The summed E-state index contributed by atoms with van der Waals surface area (Å²) in [6.07, 6.45) is 9.68. The zero-order valence-corrected chi connectivity index (χ0v) is 13.3. The molecule has 1 aromatic heterocycles. The van der Waals surface area contributed by atoms with Gasteiger partial charge in [-0.05, 0) is 50.3 Å². The molecule has 1 unspecified atom stereocenters. The van der Waals surface area contributed by atoms with Crippen LogP contribution in [0.15, 0.2) is 28.7 Å². The molecule has 1 saturated carbocycles. The summed E-state index contributed by atoms with van der Waals surface area (Å²) in [5.74, 6) is 2.36. The van der Waals surface area contributed by atoms with Crippen molar-refractivity contribution < 1.29 is 4.42 Å². The van der Waals surface area contributed by atoms with Crippen LogP contribution in [0, 0.1) is 5.92 Å². The van der Waals surface area contributed by atoms with E-state index in [0.29, 0.717) is 5.92 Å². The Balaban J connectivity index is 1.43. The van der Waals surface area contributed by atoms with E-state index in [2.05, 4.69) is 4.90 Å². The number of piperidine rings is 1. The molecule has 1 atom stereocenters. The van der Waals surface area contributed by atoms with Crippen molar-refractivity contribution >= 4 is 11.1 Å². The number of hydrogen-bond donors (Lipinski definition) is 0. The topological polar surface area (TPSA) is 29.3 Å². The first kappa shape index (κ1) is 14.3. The molecule has 0 radical (unpaired) electrons. The predicted molar refractivity (Wildman–Crippen MR) is 89.0 cm³/mol. The second-order valence-electron chi connectivity index (χ2n) is 7.12. The Labute approximate surface area is 132 Å². The van der Waals surface area contributed by atoms with Crippen molar-refractivity contribution in [2.24, 2.45) is 5.92 Å². The molecule has 2 aliphatic rings. The average Bonchev–Trinajstić information content (AvgIpc) is 3.00. The number of aromatic nitrogens is 1. The van der Waals surface area contributed by atoms with Gasteiger partial charge in [0.25, 0.3) is 0 Å². The van der Waals surface area contributed by atoms with Gasteiger partial charge in [0.15, 0.2) is 11.5 Å². The fourth-order valence-corrected chi connectivity index (χ4v) is 4.22. The first-order chi connectivity index (χ1) is 10.9. The monoisotopic (exact) mass is 298 g/mol. The second-order valence-corrected chi connectivity index (χ2v) is 7.12. The number of fused-ring (bicyclic) bond motifs is 1. The largest absolute Gasteiger partial charge is 0.440 e. The van der Waals surface area contributed by atoms with Crippen molar-refractivity contribution in [1.82, 2.24) is 9.88 Å². The number of para-hydroxylation sites is 2. The molecule has 1 saturated heterocycles. The number of benzene rings is 1. The summed E-state index contributed by atoms with van der Waals surface area (Å²) in [6.45, 7) is 3.67. The Morgan fingerprint density at radius 2 is 1.91 bits per heavy atom. The highest BCUT2D eigenvalue weighted by Gasteiger charge is 2.27. The molecule has 1 aliphatic heterocycles. The van der Waals surface area contributed by atoms with Gasteiger partial charge in [-0.25, -0.2) is 4.98 Å². The van der Waals surface area contributed by atoms with Crippen molar-refractivity contribution in [2.45, 2.75) is 50.9 Å². The normalized spacial score (nSPS) is 24.8. The quantitative estimate of drug-likeness (QED) is 0.830. The third-order valence-electron chi connectivity index (χ3n) is 5.41. The van der Waals surface area contributed by atoms with Crippen LogP contribution in [0.2, 0.25) is 0 Å². The molecule has 1 aliphatic carbocycles. The molecule has 2 aromatic rings. The van der Waals surface area contributed by atoms with Gasteiger partial charge in [-0.1, -0.05) is 31.4 Å². The summed E-state index contributed by atoms with van der Waals surface area (Å²) >= 11 is 0. The molecule has 2 fully saturated rings. The second kappa shape index (κ2) is 6.41. The van der Waals surface area contributed by atoms with Gasteiger partial charge in [-0.2, -0.15) is 0 Å².